The Morgan fingerprint density at radius 2 is 1.66 bits per heavy atom. The third kappa shape index (κ3) is 3.94. The first-order valence-electron chi connectivity index (χ1n) is 12.5. The zero-order chi connectivity index (χ0) is 26.4. The van der Waals surface area contributed by atoms with Gasteiger partial charge in [-0.2, -0.15) is 0 Å². The highest BCUT2D eigenvalue weighted by Gasteiger charge is 2.39. The predicted molar refractivity (Wildman–Crippen MR) is 142 cm³/mol. The number of nitrogens with one attached hydrogen (secondary N) is 1. The molecule has 4 aromatic rings. The number of hydrogen-bond acceptors (Lipinski definition) is 5. The molecule has 3 amide bonds. The van der Waals surface area contributed by atoms with Crippen LogP contribution in [-0.4, -0.2) is 45.3 Å². The van der Waals surface area contributed by atoms with Gasteiger partial charge in [0.05, 0.1) is 18.5 Å². The predicted octanol–water partition coefficient (Wildman–Crippen LogP) is 4.19. The average Bonchev–Trinajstić information content (AvgIpc) is 3.45. The number of rotatable bonds is 5. The van der Waals surface area contributed by atoms with Crippen LogP contribution in [0.25, 0.3) is 33.9 Å². The van der Waals surface area contributed by atoms with Crippen LogP contribution in [0.4, 0.5) is 0 Å². The van der Waals surface area contributed by atoms with Crippen LogP contribution < -0.4 is 10.1 Å². The van der Waals surface area contributed by atoms with Gasteiger partial charge < -0.3 is 14.2 Å². The lowest BCUT2D eigenvalue weighted by atomic mass is 10.0. The maximum Gasteiger partial charge on any atom is 0.255 e. The zero-order valence-corrected chi connectivity index (χ0v) is 21.1. The van der Waals surface area contributed by atoms with Crippen molar-refractivity contribution in [3.8, 4) is 39.7 Å². The molecule has 0 bridgehead atoms. The number of fused-ring (bicyclic) bond motifs is 1. The molecule has 1 atom stereocenters. The summed E-state index contributed by atoms with van der Waals surface area (Å²) in [5, 5.41) is 2.35. The topological polar surface area (TPSA) is 93.5 Å². The van der Waals surface area contributed by atoms with Crippen LogP contribution in [0, 0.1) is 0 Å². The molecule has 3 aromatic carbocycles. The van der Waals surface area contributed by atoms with Crippen molar-refractivity contribution in [2.75, 3.05) is 7.11 Å². The molecule has 2 aliphatic heterocycles. The van der Waals surface area contributed by atoms with Crippen LogP contribution in [-0.2, 0) is 23.2 Å². The molecule has 1 N–H and O–H groups in total. The zero-order valence-electron chi connectivity index (χ0n) is 21.1. The van der Waals surface area contributed by atoms with Gasteiger partial charge in [-0.3, -0.25) is 19.7 Å². The van der Waals surface area contributed by atoms with Gasteiger partial charge in [-0.1, -0.05) is 36.4 Å². The monoisotopic (exact) mass is 506 g/mol. The van der Waals surface area contributed by atoms with Gasteiger partial charge in [0.15, 0.2) is 0 Å². The van der Waals surface area contributed by atoms with Gasteiger partial charge in [-0.15, -0.1) is 0 Å². The fourth-order valence-electron chi connectivity index (χ4n) is 5.35. The molecular weight excluding hydrogens is 480 g/mol. The number of amides is 3. The first kappa shape index (κ1) is 23.7. The second-order valence-corrected chi connectivity index (χ2v) is 9.56. The number of imide groups is 1. The molecule has 2 aliphatic rings. The van der Waals surface area contributed by atoms with Crippen LogP contribution in [0.1, 0.15) is 28.8 Å². The highest BCUT2D eigenvalue weighted by atomic mass is 16.5. The van der Waals surface area contributed by atoms with Gasteiger partial charge in [0.1, 0.15) is 17.6 Å². The second-order valence-electron chi connectivity index (χ2n) is 9.56. The van der Waals surface area contributed by atoms with Gasteiger partial charge >= 0.3 is 0 Å². The molecule has 1 saturated heterocycles. The molecule has 0 saturated carbocycles. The number of aromatic nitrogens is 2. The maximum absolute atomic E-state index is 13.1. The Hall–Kier alpha value is -4.72. The Morgan fingerprint density at radius 1 is 0.921 bits per heavy atom. The van der Waals surface area contributed by atoms with Gasteiger partial charge in [-0.05, 0) is 48.4 Å². The van der Waals surface area contributed by atoms with E-state index in [1.54, 1.807) is 12.0 Å². The van der Waals surface area contributed by atoms with E-state index in [-0.39, 0.29) is 18.2 Å². The molecule has 190 valence electrons. The minimum absolute atomic E-state index is 0.190. The van der Waals surface area contributed by atoms with Crippen molar-refractivity contribution < 1.29 is 19.1 Å². The van der Waals surface area contributed by atoms with Crippen molar-refractivity contribution in [1.29, 1.82) is 0 Å². The number of ether oxygens (including phenoxy) is 1. The minimum Gasteiger partial charge on any atom is -0.497 e. The number of methoxy groups -OCH3 is 1. The van der Waals surface area contributed by atoms with E-state index < -0.39 is 11.9 Å². The van der Waals surface area contributed by atoms with E-state index in [1.807, 2.05) is 67.7 Å². The van der Waals surface area contributed by atoms with E-state index in [1.165, 1.54) is 0 Å². The van der Waals surface area contributed by atoms with Crippen molar-refractivity contribution in [2.45, 2.75) is 25.4 Å². The largest absolute Gasteiger partial charge is 0.497 e. The minimum atomic E-state index is -0.643. The quantitative estimate of drug-likeness (QED) is 0.410. The summed E-state index contributed by atoms with van der Waals surface area (Å²) in [4.78, 5) is 43.8. The number of imidazole rings is 1. The fourth-order valence-corrected chi connectivity index (χ4v) is 5.35. The number of carbonyl (C=O) groups is 3. The first-order chi connectivity index (χ1) is 18.4. The van der Waals surface area contributed by atoms with Crippen molar-refractivity contribution in [3.05, 3.63) is 83.9 Å². The summed E-state index contributed by atoms with van der Waals surface area (Å²) in [7, 11) is 3.63. The van der Waals surface area contributed by atoms with Crippen LogP contribution >= 0.6 is 0 Å². The molecule has 38 heavy (non-hydrogen) atoms. The molecule has 0 spiro atoms. The Kier molecular flexibility index (Phi) is 5.79. The van der Waals surface area contributed by atoms with Gasteiger partial charge in [0.2, 0.25) is 11.8 Å². The van der Waals surface area contributed by atoms with Crippen molar-refractivity contribution >= 4 is 17.7 Å². The number of benzene rings is 3. The number of nitrogens with zero attached hydrogens (tertiary/aromatic N) is 3. The summed E-state index contributed by atoms with van der Waals surface area (Å²) < 4.78 is 7.41. The summed E-state index contributed by atoms with van der Waals surface area (Å²) in [6.45, 7) is 0.315. The first-order valence-corrected chi connectivity index (χ1v) is 12.5. The Balaban J connectivity index is 1.40. The standard InChI is InChI=1S/C30H26N4O4/c1-33-27(19-6-4-3-5-7-19)26(18-8-11-22(38-2)12-9-18)32-28(33)20-10-13-23-21(16-20)17-34(30(23)37)24-14-15-25(35)31-29(24)36/h3-13,16,24H,14-15,17H2,1-2H3,(H,31,35,36). The second kappa shape index (κ2) is 9.30. The van der Waals surface area contributed by atoms with Gasteiger partial charge in [0, 0.05) is 42.3 Å². The SMILES string of the molecule is COc1ccc(-c2nc(-c3ccc4c(c3)CN(C3CCC(=O)NC3=O)C4=O)n(C)c2-c2ccccc2)cc1. The van der Waals surface area contributed by atoms with Crippen molar-refractivity contribution in [3.63, 3.8) is 0 Å². The highest BCUT2D eigenvalue weighted by molar-refractivity contribution is 6.05. The summed E-state index contributed by atoms with van der Waals surface area (Å²) in [6.07, 6.45) is 0.563. The number of piperidine rings is 1. The van der Waals surface area contributed by atoms with Crippen LogP contribution in [0.5, 0.6) is 5.75 Å². The molecule has 6 rings (SSSR count). The molecule has 1 fully saturated rings. The third-order valence-electron chi connectivity index (χ3n) is 7.29. The number of carbonyl (C=O) groups excluding carboxylic acids is 3. The molecule has 8 nitrogen and oxygen atoms in total. The summed E-state index contributed by atoms with van der Waals surface area (Å²) in [5.74, 6) is 0.641. The third-order valence-corrected chi connectivity index (χ3v) is 7.29. The van der Waals surface area contributed by atoms with E-state index in [4.69, 9.17) is 9.72 Å². The van der Waals surface area contributed by atoms with E-state index in [2.05, 4.69) is 22.0 Å². The molecule has 0 aliphatic carbocycles. The summed E-state index contributed by atoms with van der Waals surface area (Å²) in [5.41, 5.74) is 6.12. The van der Waals surface area contributed by atoms with E-state index in [0.717, 1.165) is 45.2 Å². The van der Waals surface area contributed by atoms with E-state index >= 15 is 0 Å². The van der Waals surface area contributed by atoms with Crippen LogP contribution in [0.2, 0.25) is 0 Å². The normalized spacial score (nSPS) is 16.9. The van der Waals surface area contributed by atoms with Crippen molar-refractivity contribution in [1.82, 2.24) is 19.8 Å². The molecule has 3 heterocycles. The van der Waals surface area contributed by atoms with Gasteiger partial charge in [-0.25, -0.2) is 4.98 Å². The average molecular weight is 507 g/mol. The molecule has 1 unspecified atom stereocenters. The summed E-state index contributed by atoms with van der Waals surface area (Å²) in [6, 6.07) is 23.0. The number of hydrogen-bond donors (Lipinski definition) is 1. The van der Waals surface area contributed by atoms with E-state index in [0.29, 0.717) is 18.5 Å². The lowest BCUT2D eigenvalue weighted by Gasteiger charge is -2.29. The Labute approximate surface area is 219 Å². The lowest BCUT2D eigenvalue weighted by Crippen LogP contribution is -2.52. The highest BCUT2D eigenvalue weighted by Crippen LogP contribution is 2.37. The molecular formula is C30H26N4O4. The molecule has 0 radical (unpaired) electrons. The molecule has 8 heteroatoms. The summed E-state index contributed by atoms with van der Waals surface area (Å²) >= 11 is 0. The van der Waals surface area contributed by atoms with Crippen LogP contribution in [0.3, 0.4) is 0 Å². The smallest absolute Gasteiger partial charge is 0.255 e. The van der Waals surface area contributed by atoms with Crippen LogP contribution in [0.15, 0.2) is 72.8 Å². The van der Waals surface area contributed by atoms with Gasteiger partial charge in [0.25, 0.3) is 5.91 Å². The Bertz CT molecular complexity index is 1570. The molecule has 1 aromatic heterocycles. The van der Waals surface area contributed by atoms with Crippen molar-refractivity contribution in [2.24, 2.45) is 7.05 Å². The Morgan fingerprint density at radius 3 is 2.37 bits per heavy atom. The lowest BCUT2D eigenvalue weighted by molar-refractivity contribution is -0.136. The maximum atomic E-state index is 13.1. The van der Waals surface area contributed by atoms with E-state index in [9.17, 15) is 14.4 Å². The fraction of sp³-hybridized carbons (Fsp3) is 0.200.